The molecule has 1 aromatic carbocycles. The van der Waals surface area contributed by atoms with Crippen molar-refractivity contribution in [3.05, 3.63) is 29.6 Å². The third-order valence-corrected chi connectivity index (χ3v) is 3.01. The Morgan fingerprint density at radius 3 is 2.59 bits per heavy atom. The van der Waals surface area contributed by atoms with Crippen LogP contribution in [0.5, 0.6) is 5.75 Å². The van der Waals surface area contributed by atoms with Gasteiger partial charge < -0.3 is 14.8 Å². The lowest BCUT2D eigenvalue weighted by Gasteiger charge is -2.22. The molecule has 0 fully saturated rings. The summed E-state index contributed by atoms with van der Waals surface area (Å²) in [5.41, 5.74) is 0.632. The van der Waals surface area contributed by atoms with Gasteiger partial charge in [0.05, 0.1) is 13.2 Å². The van der Waals surface area contributed by atoms with Crippen LogP contribution >= 0.6 is 0 Å². The van der Waals surface area contributed by atoms with E-state index in [4.69, 9.17) is 9.47 Å². The summed E-state index contributed by atoms with van der Waals surface area (Å²) in [6.45, 7) is 1.96. The molecule has 1 rings (SSSR count). The fourth-order valence-corrected chi connectivity index (χ4v) is 1.78. The van der Waals surface area contributed by atoms with Crippen LogP contribution in [-0.4, -0.2) is 33.4 Å². The van der Waals surface area contributed by atoms with Crippen LogP contribution in [0, 0.1) is 5.82 Å². The molecule has 0 spiro atoms. The number of ether oxygens (including phenoxy) is 2. The van der Waals surface area contributed by atoms with Crippen molar-refractivity contribution in [3.8, 4) is 5.75 Å². The first-order valence-corrected chi connectivity index (χ1v) is 5.65. The van der Waals surface area contributed by atoms with Gasteiger partial charge in [-0.15, -0.1) is 0 Å². The smallest absolute Gasteiger partial charge is 0.168 e. The van der Waals surface area contributed by atoms with E-state index >= 15 is 0 Å². The van der Waals surface area contributed by atoms with Crippen molar-refractivity contribution in [2.45, 2.75) is 25.5 Å². The van der Waals surface area contributed by atoms with Gasteiger partial charge in [0.15, 0.2) is 11.6 Å². The van der Waals surface area contributed by atoms with Crippen molar-refractivity contribution in [1.82, 2.24) is 5.32 Å². The minimum Gasteiger partial charge on any atom is -0.494 e. The van der Waals surface area contributed by atoms with Gasteiger partial charge in [0.25, 0.3) is 0 Å². The Morgan fingerprint density at radius 1 is 1.35 bits per heavy atom. The molecule has 17 heavy (non-hydrogen) atoms. The first-order chi connectivity index (χ1) is 8.13. The molecule has 0 radical (unpaired) electrons. The van der Waals surface area contributed by atoms with Crippen molar-refractivity contribution >= 4 is 0 Å². The minimum absolute atomic E-state index is 0.0191. The summed E-state index contributed by atoms with van der Waals surface area (Å²) >= 11 is 0. The van der Waals surface area contributed by atoms with E-state index in [1.54, 1.807) is 25.3 Å². The van der Waals surface area contributed by atoms with E-state index in [1.807, 2.05) is 14.0 Å². The molecule has 0 aliphatic rings. The van der Waals surface area contributed by atoms with Crippen molar-refractivity contribution in [2.24, 2.45) is 0 Å². The van der Waals surface area contributed by atoms with Crippen molar-refractivity contribution in [3.63, 3.8) is 0 Å². The molecule has 96 valence electrons. The third-order valence-electron chi connectivity index (χ3n) is 3.01. The van der Waals surface area contributed by atoms with Crippen LogP contribution in [-0.2, 0) is 11.2 Å². The molecule has 0 amide bonds. The second-order valence-electron chi connectivity index (χ2n) is 3.97. The predicted octanol–water partition coefficient (Wildman–Crippen LogP) is 2.00. The molecule has 0 aliphatic carbocycles. The van der Waals surface area contributed by atoms with Gasteiger partial charge in [-0.1, -0.05) is 12.1 Å². The highest BCUT2D eigenvalue weighted by molar-refractivity contribution is 5.31. The highest BCUT2D eigenvalue weighted by Crippen LogP contribution is 2.21. The average Bonchev–Trinajstić information content (AvgIpc) is 2.36. The number of benzene rings is 1. The van der Waals surface area contributed by atoms with Crippen molar-refractivity contribution < 1.29 is 13.9 Å². The lowest BCUT2D eigenvalue weighted by atomic mass is 10.0. The molecule has 2 atom stereocenters. The molecular formula is C13H20FNO2. The van der Waals surface area contributed by atoms with Crippen LogP contribution in [0.4, 0.5) is 4.39 Å². The standard InChI is InChI=1S/C13H20FNO2/c1-9(16-3)11(15-2)8-10-6-5-7-12(17-4)13(10)14/h5-7,9,11,15H,8H2,1-4H3. The Labute approximate surface area is 102 Å². The SMILES string of the molecule is CNC(Cc1cccc(OC)c1F)C(C)OC. The largest absolute Gasteiger partial charge is 0.494 e. The number of methoxy groups -OCH3 is 2. The first kappa shape index (κ1) is 13.9. The molecule has 2 unspecified atom stereocenters. The van der Waals surface area contributed by atoms with Crippen molar-refractivity contribution in [1.29, 1.82) is 0 Å². The van der Waals surface area contributed by atoms with E-state index in [0.29, 0.717) is 12.0 Å². The van der Waals surface area contributed by atoms with E-state index in [1.165, 1.54) is 7.11 Å². The normalized spacial score (nSPS) is 14.4. The summed E-state index contributed by atoms with van der Waals surface area (Å²) in [7, 11) is 4.96. The van der Waals surface area contributed by atoms with Gasteiger partial charge in [0.1, 0.15) is 0 Å². The number of halogens is 1. The molecule has 1 aromatic rings. The summed E-state index contributed by atoms with van der Waals surface area (Å²) in [6.07, 6.45) is 0.583. The maximum Gasteiger partial charge on any atom is 0.168 e. The molecule has 4 heteroatoms. The second kappa shape index (κ2) is 6.57. The van der Waals surface area contributed by atoms with Gasteiger partial charge in [-0.2, -0.15) is 0 Å². The summed E-state index contributed by atoms with van der Waals surface area (Å²) < 4.78 is 24.2. The summed E-state index contributed by atoms with van der Waals surface area (Å²) in [5, 5.41) is 3.13. The van der Waals surface area contributed by atoms with Gasteiger partial charge in [-0.25, -0.2) is 4.39 Å². The zero-order chi connectivity index (χ0) is 12.8. The molecular weight excluding hydrogens is 221 g/mol. The Balaban J connectivity index is 2.86. The number of hydrogen-bond acceptors (Lipinski definition) is 3. The Hall–Kier alpha value is -1.13. The topological polar surface area (TPSA) is 30.5 Å². The number of nitrogens with one attached hydrogen (secondary N) is 1. The second-order valence-corrected chi connectivity index (χ2v) is 3.97. The summed E-state index contributed by atoms with van der Waals surface area (Å²) in [5.74, 6) is -0.0130. The van der Waals surface area contributed by atoms with Crippen LogP contribution in [0.2, 0.25) is 0 Å². The van der Waals surface area contributed by atoms with Crippen LogP contribution in [0.1, 0.15) is 12.5 Å². The van der Waals surface area contributed by atoms with Crippen LogP contribution < -0.4 is 10.1 Å². The quantitative estimate of drug-likeness (QED) is 0.826. The fraction of sp³-hybridized carbons (Fsp3) is 0.538. The van der Waals surface area contributed by atoms with E-state index < -0.39 is 0 Å². The van der Waals surface area contributed by atoms with E-state index in [-0.39, 0.29) is 23.7 Å². The van der Waals surface area contributed by atoms with E-state index in [9.17, 15) is 4.39 Å². The zero-order valence-corrected chi connectivity index (χ0v) is 10.8. The molecule has 0 heterocycles. The molecule has 0 aromatic heterocycles. The van der Waals surface area contributed by atoms with Gasteiger partial charge in [-0.3, -0.25) is 0 Å². The van der Waals surface area contributed by atoms with Crippen molar-refractivity contribution in [2.75, 3.05) is 21.3 Å². The van der Waals surface area contributed by atoms with Gasteiger partial charge in [-0.05, 0) is 32.0 Å². The number of likely N-dealkylation sites (N-methyl/N-ethyl adjacent to an activating group) is 1. The molecule has 0 bridgehead atoms. The lowest BCUT2D eigenvalue weighted by Crippen LogP contribution is -2.39. The van der Waals surface area contributed by atoms with Gasteiger partial charge in [0, 0.05) is 13.2 Å². The van der Waals surface area contributed by atoms with E-state index in [2.05, 4.69) is 5.32 Å². The Morgan fingerprint density at radius 2 is 2.06 bits per heavy atom. The molecule has 0 saturated heterocycles. The Kier molecular flexibility index (Phi) is 5.38. The number of hydrogen-bond donors (Lipinski definition) is 1. The summed E-state index contributed by atoms with van der Waals surface area (Å²) in [4.78, 5) is 0. The molecule has 0 saturated carbocycles. The third kappa shape index (κ3) is 3.41. The fourth-order valence-electron chi connectivity index (χ4n) is 1.78. The molecule has 3 nitrogen and oxygen atoms in total. The van der Waals surface area contributed by atoms with Crippen LogP contribution in [0.15, 0.2) is 18.2 Å². The minimum atomic E-state index is -0.293. The first-order valence-electron chi connectivity index (χ1n) is 5.65. The van der Waals surface area contributed by atoms with Gasteiger partial charge in [0.2, 0.25) is 0 Å². The summed E-state index contributed by atoms with van der Waals surface area (Å²) in [6, 6.07) is 5.25. The average molecular weight is 241 g/mol. The predicted molar refractivity (Wildman–Crippen MR) is 66.0 cm³/mol. The maximum atomic E-state index is 13.9. The van der Waals surface area contributed by atoms with Gasteiger partial charge >= 0.3 is 0 Å². The zero-order valence-electron chi connectivity index (χ0n) is 10.8. The highest BCUT2D eigenvalue weighted by Gasteiger charge is 2.18. The Bertz CT molecular complexity index is 357. The lowest BCUT2D eigenvalue weighted by molar-refractivity contribution is 0.0854. The highest BCUT2D eigenvalue weighted by atomic mass is 19.1. The number of rotatable bonds is 6. The van der Waals surface area contributed by atoms with Crippen LogP contribution in [0.25, 0.3) is 0 Å². The van der Waals surface area contributed by atoms with E-state index in [0.717, 1.165) is 0 Å². The van der Waals surface area contributed by atoms with Crippen LogP contribution in [0.3, 0.4) is 0 Å². The molecule has 0 aliphatic heterocycles. The monoisotopic (exact) mass is 241 g/mol. The maximum absolute atomic E-state index is 13.9. The molecule has 1 N–H and O–H groups in total.